The Labute approximate surface area is 297 Å². The predicted octanol–water partition coefficient (Wildman–Crippen LogP) is 13.1. The van der Waals surface area contributed by atoms with Crippen molar-refractivity contribution >= 4 is 39.0 Å². The van der Waals surface area contributed by atoms with E-state index in [4.69, 9.17) is 4.42 Å². The molecule has 9 aromatic rings. The average Bonchev–Trinajstić information content (AvgIpc) is 3.74. The smallest absolute Gasteiger partial charge is 0.159 e. The van der Waals surface area contributed by atoms with Crippen LogP contribution in [0.1, 0.15) is 22.3 Å². The van der Waals surface area contributed by atoms with E-state index < -0.39 is 5.41 Å². The fraction of sp³-hybridized carbons (Fsp3) is 0.0204. The standard InChI is InChI=1S/C49H33NO/c1-4-18-34(19-5-1)37-24-12-16-30-45(37)50(36-22-8-3-9-23-36)47-44(33-32-41-40-27-13-17-31-46(40)51-48(41)47)49(35-20-6-2-7-21-35)42-28-14-10-25-38(42)39-26-11-15-29-43(39)49/h1-33H. The van der Waals surface area contributed by atoms with Gasteiger partial charge in [0.1, 0.15) is 5.58 Å². The highest BCUT2D eigenvalue weighted by Gasteiger charge is 2.48. The maximum Gasteiger partial charge on any atom is 0.159 e. The molecule has 0 amide bonds. The molecule has 51 heavy (non-hydrogen) atoms. The van der Waals surface area contributed by atoms with Crippen molar-refractivity contribution in [1.82, 2.24) is 0 Å². The lowest BCUT2D eigenvalue weighted by Crippen LogP contribution is -2.31. The van der Waals surface area contributed by atoms with Gasteiger partial charge in [-0.2, -0.15) is 0 Å². The molecule has 0 fully saturated rings. The number of fused-ring (bicyclic) bond motifs is 6. The van der Waals surface area contributed by atoms with E-state index in [1.807, 2.05) is 0 Å². The summed E-state index contributed by atoms with van der Waals surface area (Å²) in [5.74, 6) is 0. The first kappa shape index (κ1) is 29.3. The molecule has 0 spiro atoms. The van der Waals surface area contributed by atoms with Crippen LogP contribution in [0.3, 0.4) is 0 Å². The van der Waals surface area contributed by atoms with Crippen LogP contribution in [0.4, 0.5) is 17.1 Å². The zero-order chi connectivity index (χ0) is 33.8. The summed E-state index contributed by atoms with van der Waals surface area (Å²) in [5, 5.41) is 2.19. The first-order valence-corrected chi connectivity index (χ1v) is 17.5. The Bertz CT molecular complexity index is 2650. The van der Waals surface area contributed by atoms with Crippen LogP contribution in [-0.4, -0.2) is 0 Å². The molecular formula is C49H33NO. The van der Waals surface area contributed by atoms with Crippen molar-refractivity contribution in [1.29, 1.82) is 0 Å². The van der Waals surface area contributed by atoms with Crippen LogP contribution in [-0.2, 0) is 5.41 Å². The lowest BCUT2D eigenvalue weighted by atomic mass is 9.67. The van der Waals surface area contributed by atoms with Crippen LogP contribution in [0.5, 0.6) is 0 Å². The van der Waals surface area contributed by atoms with Crippen LogP contribution in [0, 0.1) is 0 Å². The minimum atomic E-state index is -0.647. The zero-order valence-corrected chi connectivity index (χ0v) is 27.9. The molecule has 0 atom stereocenters. The van der Waals surface area contributed by atoms with Crippen LogP contribution >= 0.6 is 0 Å². The lowest BCUT2D eigenvalue weighted by Gasteiger charge is -2.38. The molecule has 0 saturated heterocycles. The Morgan fingerprint density at radius 3 is 1.65 bits per heavy atom. The number of para-hydroxylation sites is 3. The van der Waals surface area contributed by atoms with Crippen molar-refractivity contribution < 1.29 is 4.42 Å². The van der Waals surface area contributed by atoms with Gasteiger partial charge >= 0.3 is 0 Å². The van der Waals surface area contributed by atoms with Crippen molar-refractivity contribution in [2.45, 2.75) is 5.41 Å². The minimum absolute atomic E-state index is 0.647. The number of hydrogen-bond acceptors (Lipinski definition) is 2. The molecule has 0 aliphatic heterocycles. The highest BCUT2D eigenvalue weighted by Crippen LogP contribution is 2.60. The topological polar surface area (TPSA) is 16.4 Å². The van der Waals surface area contributed by atoms with E-state index in [9.17, 15) is 0 Å². The Kier molecular flexibility index (Phi) is 6.75. The van der Waals surface area contributed by atoms with Gasteiger partial charge in [-0.1, -0.05) is 170 Å². The van der Waals surface area contributed by atoms with Gasteiger partial charge in [-0.3, -0.25) is 0 Å². The van der Waals surface area contributed by atoms with Gasteiger partial charge in [0.25, 0.3) is 0 Å². The molecule has 1 aromatic heterocycles. The van der Waals surface area contributed by atoms with Crippen molar-refractivity contribution in [2.75, 3.05) is 4.90 Å². The number of benzene rings is 8. The largest absolute Gasteiger partial charge is 0.454 e. The van der Waals surface area contributed by atoms with E-state index in [1.54, 1.807) is 0 Å². The third-order valence-corrected chi connectivity index (χ3v) is 10.6. The molecule has 0 radical (unpaired) electrons. The second-order valence-electron chi connectivity index (χ2n) is 13.2. The molecule has 1 aliphatic carbocycles. The fourth-order valence-electron chi connectivity index (χ4n) is 8.48. The summed E-state index contributed by atoms with van der Waals surface area (Å²) in [6, 6.07) is 72.1. The normalized spacial score (nSPS) is 12.9. The molecular weight excluding hydrogens is 619 g/mol. The highest BCUT2D eigenvalue weighted by molar-refractivity contribution is 6.12. The molecule has 0 N–H and O–H groups in total. The highest BCUT2D eigenvalue weighted by atomic mass is 16.3. The maximum atomic E-state index is 7.07. The van der Waals surface area contributed by atoms with Gasteiger partial charge in [0.05, 0.1) is 16.8 Å². The van der Waals surface area contributed by atoms with Crippen molar-refractivity contribution in [3.8, 4) is 22.3 Å². The Balaban J connectivity index is 1.42. The average molecular weight is 652 g/mol. The fourth-order valence-corrected chi connectivity index (χ4v) is 8.48. The van der Waals surface area contributed by atoms with Gasteiger partial charge in [0, 0.05) is 22.0 Å². The van der Waals surface area contributed by atoms with Crippen LogP contribution in [0.2, 0.25) is 0 Å². The number of hydrogen-bond donors (Lipinski definition) is 0. The monoisotopic (exact) mass is 651 g/mol. The maximum absolute atomic E-state index is 7.07. The number of nitrogens with zero attached hydrogens (tertiary/aromatic N) is 1. The van der Waals surface area contributed by atoms with E-state index in [-0.39, 0.29) is 0 Å². The van der Waals surface area contributed by atoms with Gasteiger partial charge in [0.2, 0.25) is 0 Å². The summed E-state index contributed by atoms with van der Waals surface area (Å²) in [4.78, 5) is 2.44. The van der Waals surface area contributed by atoms with Gasteiger partial charge < -0.3 is 9.32 Å². The molecule has 8 aromatic carbocycles. The van der Waals surface area contributed by atoms with Crippen LogP contribution in [0.25, 0.3) is 44.2 Å². The Morgan fingerprint density at radius 2 is 0.941 bits per heavy atom. The van der Waals surface area contributed by atoms with E-state index in [2.05, 4.69) is 205 Å². The third-order valence-electron chi connectivity index (χ3n) is 10.6. The van der Waals surface area contributed by atoms with E-state index in [1.165, 1.54) is 27.8 Å². The van der Waals surface area contributed by atoms with Crippen molar-refractivity contribution in [3.63, 3.8) is 0 Å². The minimum Gasteiger partial charge on any atom is -0.454 e. The zero-order valence-electron chi connectivity index (χ0n) is 27.9. The molecule has 1 heterocycles. The summed E-state index contributed by atoms with van der Waals surface area (Å²) in [6.45, 7) is 0. The van der Waals surface area contributed by atoms with E-state index in [0.29, 0.717) is 0 Å². The molecule has 240 valence electrons. The predicted molar refractivity (Wildman–Crippen MR) is 211 cm³/mol. The van der Waals surface area contributed by atoms with Crippen LogP contribution in [0.15, 0.2) is 205 Å². The second-order valence-corrected chi connectivity index (χ2v) is 13.2. The molecule has 0 unspecified atom stereocenters. The Hall–Kier alpha value is -6.64. The van der Waals surface area contributed by atoms with Crippen molar-refractivity contribution in [2.24, 2.45) is 0 Å². The Morgan fingerprint density at radius 1 is 0.392 bits per heavy atom. The van der Waals surface area contributed by atoms with Crippen molar-refractivity contribution in [3.05, 3.63) is 222 Å². The molecule has 0 saturated carbocycles. The van der Waals surface area contributed by atoms with Gasteiger partial charge in [-0.25, -0.2) is 0 Å². The number of rotatable bonds is 6. The van der Waals surface area contributed by atoms with E-state index >= 15 is 0 Å². The SMILES string of the molecule is c1ccc(-c2ccccc2N(c2ccccc2)c2c(C3(c4ccccc4)c4ccccc4-c4ccccc43)ccc3c2oc2ccccc23)cc1. The first-order valence-electron chi connectivity index (χ1n) is 17.5. The molecule has 2 heteroatoms. The molecule has 10 rings (SSSR count). The third kappa shape index (κ3) is 4.36. The lowest BCUT2D eigenvalue weighted by molar-refractivity contribution is 0.666. The number of furan rings is 1. The molecule has 0 bridgehead atoms. The summed E-state index contributed by atoms with van der Waals surface area (Å²) < 4.78 is 7.07. The summed E-state index contributed by atoms with van der Waals surface area (Å²) in [5.41, 5.74) is 13.9. The van der Waals surface area contributed by atoms with Crippen LogP contribution < -0.4 is 4.90 Å². The molecule has 1 aliphatic rings. The van der Waals surface area contributed by atoms with Gasteiger partial charge in [0.15, 0.2) is 5.58 Å². The first-order chi connectivity index (χ1) is 25.3. The summed E-state index contributed by atoms with van der Waals surface area (Å²) >= 11 is 0. The van der Waals surface area contributed by atoms with Gasteiger partial charge in [-0.05, 0) is 69.3 Å². The van der Waals surface area contributed by atoms with E-state index in [0.717, 1.165) is 55.7 Å². The second kappa shape index (κ2) is 11.8. The molecule has 2 nitrogen and oxygen atoms in total. The summed E-state index contributed by atoms with van der Waals surface area (Å²) in [6.07, 6.45) is 0. The number of anilines is 3. The summed E-state index contributed by atoms with van der Waals surface area (Å²) in [7, 11) is 0. The van der Waals surface area contributed by atoms with Gasteiger partial charge in [-0.15, -0.1) is 0 Å². The quantitative estimate of drug-likeness (QED) is 0.178.